The van der Waals surface area contributed by atoms with E-state index in [2.05, 4.69) is 15.2 Å². The molecule has 2 saturated heterocycles. The molecule has 0 spiro atoms. The zero-order chi connectivity index (χ0) is 15.1. The van der Waals surface area contributed by atoms with E-state index in [1.54, 1.807) is 14.2 Å². The van der Waals surface area contributed by atoms with Gasteiger partial charge in [-0.15, -0.1) is 0 Å². The molecule has 6 heteroatoms. The lowest BCUT2D eigenvalue weighted by atomic mass is 10.1. The molecule has 2 aliphatic rings. The minimum absolute atomic E-state index is 0.184. The molecule has 1 unspecified atom stereocenters. The second-order valence-corrected chi connectivity index (χ2v) is 5.90. The topological polar surface area (TPSA) is 57.2 Å². The van der Waals surface area contributed by atoms with Crippen LogP contribution in [0.2, 0.25) is 0 Å². The van der Waals surface area contributed by atoms with E-state index in [1.807, 2.05) is 4.90 Å². The third-order valence-electron chi connectivity index (χ3n) is 4.31. The van der Waals surface area contributed by atoms with Gasteiger partial charge in [-0.05, 0) is 25.7 Å². The van der Waals surface area contributed by atoms with Crippen molar-refractivity contribution in [3.8, 4) is 0 Å². The quantitative estimate of drug-likeness (QED) is 0.608. The fourth-order valence-corrected chi connectivity index (χ4v) is 3.14. The number of piperidine rings is 1. The van der Waals surface area contributed by atoms with Crippen molar-refractivity contribution >= 4 is 11.9 Å². The van der Waals surface area contributed by atoms with Crippen molar-refractivity contribution in [2.45, 2.75) is 25.7 Å². The number of carbonyl (C=O) groups is 1. The van der Waals surface area contributed by atoms with Gasteiger partial charge in [0, 0.05) is 46.3 Å². The molecule has 21 heavy (non-hydrogen) atoms. The van der Waals surface area contributed by atoms with Crippen molar-refractivity contribution in [1.82, 2.24) is 15.1 Å². The van der Waals surface area contributed by atoms with Crippen molar-refractivity contribution < 1.29 is 9.53 Å². The van der Waals surface area contributed by atoms with Crippen molar-refractivity contribution in [2.75, 3.05) is 53.5 Å². The van der Waals surface area contributed by atoms with E-state index >= 15 is 0 Å². The number of hydrogen-bond acceptors (Lipinski definition) is 3. The first-order valence-electron chi connectivity index (χ1n) is 7.97. The van der Waals surface area contributed by atoms with Crippen molar-refractivity contribution in [3.05, 3.63) is 0 Å². The zero-order valence-corrected chi connectivity index (χ0v) is 13.3. The number of hydrogen-bond donors (Lipinski definition) is 1. The second-order valence-electron chi connectivity index (χ2n) is 5.90. The van der Waals surface area contributed by atoms with Gasteiger partial charge in [0.05, 0.1) is 13.2 Å². The van der Waals surface area contributed by atoms with Gasteiger partial charge in [0.25, 0.3) is 0 Å². The third kappa shape index (κ3) is 4.59. The van der Waals surface area contributed by atoms with E-state index in [9.17, 15) is 4.79 Å². The lowest BCUT2D eigenvalue weighted by Gasteiger charge is -2.28. The Kier molecular flexibility index (Phi) is 6.29. The molecule has 0 aliphatic carbocycles. The Balaban J connectivity index is 1.76. The highest BCUT2D eigenvalue weighted by Gasteiger charge is 2.25. The van der Waals surface area contributed by atoms with Crippen molar-refractivity contribution in [1.29, 1.82) is 0 Å². The van der Waals surface area contributed by atoms with Gasteiger partial charge < -0.3 is 19.9 Å². The second kappa shape index (κ2) is 8.22. The lowest BCUT2D eigenvalue weighted by molar-refractivity contribution is -0.130. The average molecular weight is 296 g/mol. The smallest absolute Gasteiger partial charge is 0.241 e. The van der Waals surface area contributed by atoms with Gasteiger partial charge in [0.15, 0.2) is 5.96 Å². The van der Waals surface area contributed by atoms with Gasteiger partial charge in [0.2, 0.25) is 5.91 Å². The van der Waals surface area contributed by atoms with Crippen LogP contribution >= 0.6 is 0 Å². The van der Waals surface area contributed by atoms with Gasteiger partial charge in [-0.3, -0.25) is 9.79 Å². The van der Waals surface area contributed by atoms with Crippen LogP contribution < -0.4 is 5.32 Å². The predicted octanol–water partition coefficient (Wildman–Crippen LogP) is 0.543. The Bertz CT molecular complexity index is 367. The van der Waals surface area contributed by atoms with Gasteiger partial charge in [-0.1, -0.05) is 0 Å². The predicted molar refractivity (Wildman–Crippen MR) is 83.3 cm³/mol. The Morgan fingerprint density at radius 1 is 1.24 bits per heavy atom. The van der Waals surface area contributed by atoms with E-state index in [1.165, 1.54) is 6.42 Å². The average Bonchev–Trinajstić information content (AvgIpc) is 2.97. The lowest BCUT2D eigenvalue weighted by Crippen LogP contribution is -2.47. The molecule has 2 heterocycles. The number of nitrogens with zero attached hydrogens (tertiary/aromatic N) is 3. The highest BCUT2D eigenvalue weighted by molar-refractivity contribution is 5.86. The highest BCUT2D eigenvalue weighted by atomic mass is 16.5. The number of guanidine groups is 1. The van der Waals surface area contributed by atoms with E-state index in [0.717, 1.165) is 58.0 Å². The van der Waals surface area contributed by atoms with Crippen LogP contribution in [0.5, 0.6) is 0 Å². The van der Waals surface area contributed by atoms with Crippen molar-refractivity contribution in [3.63, 3.8) is 0 Å². The maximum atomic E-state index is 12.2. The van der Waals surface area contributed by atoms with E-state index < -0.39 is 0 Å². The first-order chi connectivity index (χ1) is 10.2. The molecule has 0 radical (unpaired) electrons. The monoisotopic (exact) mass is 296 g/mol. The highest BCUT2D eigenvalue weighted by Crippen LogP contribution is 2.16. The number of methoxy groups -OCH3 is 1. The summed E-state index contributed by atoms with van der Waals surface area (Å²) in [5.74, 6) is 1.58. The van der Waals surface area contributed by atoms with Crippen LogP contribution in [0.3, 0.4) is 0 Å². The zero-order valence-electron chi connectivity index (χ0n) is 13.3. The fourth-order valence-electron chi connectivity index (χ4n) is 3.14. The third-order valence-corrected chi connectivity index (χ3v) is 4.31. The number of amides is 1. The molecule has 0 bridgehead atoms. The molecular weight excluding hydrogens is 268 g/mol. The SMILES string of the molecule is CN=C(NCC(=O)N1CCCCC1)N1CCC(COC)C1. The number of likely N-dealkylation sites (tertiary alicyclic amines) is 2. The molecule has 0 aromatic rings. The van der Waals surface area contributed by atoms with Gasteiger partial charge in [-0.25, -0.2) is 0 Å². The Hall–Kier alpha value is -1.30. The summed E-state index contributed by atoms with van der Waals surface area (Å²) in [7, 11) is 3.52. The van der Waals surface area contributed by atoms with Crippen LogP contribution in [0, 0.1) is 5.92 Å². The summed E-state index contributed by atoms with van der Waals surface area (Å²) in [6, 6.07) is 0. The molecule has 120 valence electrons. The number of nitrogens with one attached hydrogen (secondary N) is 1. The Morgan fingerprint density at radius 3 is 2.67 bits per heavy atom. The summed E-state index contributed by atoms with van der Waals surface area (Å²) in [6.07, 6.45) is 4.62. The first kappa shape index (κ1) is 16.1. The van der Waals surface area contributed by atoms with Gasteiger partial charge >= 0.3 is 0 Å². The van der Waals surface area contributed by atoms with Crippen LogP contribution in [-0.4, -0.2) is 75.2 Å². The molecule has 1 N–H and O–H groups in total. The summed E-state index contributed by atoms with van der Waals surface area (Å²) in [5.41, 5.74) is 0. The summed E-state index contributed by atoms with van der Waals surface area (Å²) in [4.78, 5) is 20.6. The molecule has 2 rings (SSSR count). The normalized spacial score (nSPS) is 23.5. The standard InChI is InChI=1S/C15H28N4O2/c1-16-15(19-9-6-13(11-19)12-21-2)17-10-14(20)18-7-4-3-5-8-18/h13H,3-12H2,1-2H3,(H,16,17). The molecule has 2 fully saturated rings. The number of rotatable bonds is 4. The van der Waals surface area contributed by atoms with Gasteiger partial charge in [-0.2, -0.15) is 0 Å². The molecule has 2 aliphatic heterocycles. The molecule has 0 saturated carbocycles. The maximum Gasteiger partial charge on any atom is 0.241 e. The molecule has 1 atom stereocenters. The van der Waals surface area contributed by atoms with Crippen molar-refractivity contribution in [2.24, 2.45) is 10.9 Å². The Labute approximate surface area is 127 Å². The number of ether oxygens (including phenoxy) is 1. The summed E-state index contributed by atoms with van der Waals surface area (Å²) in [5, 5.41) is 3.21. The number of carbonyl (C=O) groups excluding carboxylic acids is 1. The van der Waals surface area contributed by atoms with Crippen LogP contribution in [0.4, 0.5) is 0 Å². The summed E-state index contributed by atoms with van der Waals surface area (Å²) < 4.78 is 5.22. The van der Waals surface area contributed by atoms with Crippen LogP contribution in [0.1, 0.15) is 25.7 Å². The molecule has 1 amide bonds. The van der Waals surface area contributed by atoms with Crippen LogP contribution in [0.25, 0.3) is 0 Å². The van der Waals surface area contributed by atoms with Crippen LogP contribution in [-0.2, 0) is 9.53 Å². The minimum Gasteiger partial charge on any atom is -0.384 e. The molecule has 0 aromatic carbocycles. The van der Waals surface area contributed by atoms with E-state index in [-0.39, 0.29) is 5.91 Å². The molecule has 6 nitrogen and oxygen atoms in total. The number of aliphatic imine (C=N–C) groups is 1. The van der Waals surface area contributed by atoms with Gasteiger partial charge in [0.1, 0.15) is 0 Å². The Morgan fingerprint density at radius 2 is 2.00 bits per heavy atom. The summed E-state index contributed by atoms with van der Waals surface area (Å²) in [6.45, 7) is 4.87. The molecule has 0 aromatic heterocycles. The van der Waals surface area contributed by atoms with Crippen LogP contribution in [0.15, 0.2) is 4.99 Å². The van der Waals surface area contributed by atoms with E-state index in [0.29, 0.717) is 12.5 Å². The van der Waals surface area contributed by atoms with E-state index in [4.69, 9.17) is 4.74 Å². The fraction of sp³-hybridized carbons (Fsp3) is 0.867. The maximum absolute atomic E-state index is 12.2. The minimum atomic E-state index is 0.184. The first-order valence-corrected chi connectivity index (χ1v) is 7.97. The largest absolute Gasteiger partial charge is 0.384 e. The molecular formula is C15H28N4O2. The summed E-state index contributed by atoms with van der Waals surface area (Å²) >= 11 is 0.